The van der Waals surface area contributed by atoms with Crippen molar-refractivity contribution in [2.24, 2.45) is 0 Å². The summed E-state index contributed by atoms with van der Waals surface area (Å²) in [4.78, 5) is 19.1. The molecule has 0 amide bonds. The van der Waals surface area contributed by atoms with Crippen LogP contribution in [0.2, 0.25) is 0 Å². The van der Waals surface area contributed by atoms with E-state index in [-0.39, 0.29) is 0 Å². The van der Waals surface area contributed by atoms with E-state index in [1.165, 1.54) is 0 Å². The van der Waals surface area contributed by atoms with Crippen LogP contribution in [0.25, 0.3) is 43.9 Å². The number of fused-ring (bicyclic) bond motifs is 10. The summed E-state index contributed by atoms with van der Waals surface area (Å²) in [5.41, 5.74) is 6.91. The number of rotatable bonds is 0. The van der Waals surface area contributed by atoms with Crippen molar-refractivity contribution in [3.8, 4) is 0 Å². The molecule has 0 aliphatic heterocycles. The first-order chi connectivity index (χ1) is 15.7. The molecule has 6 aromatic rings. The summed E-state index contributed by atoms with van der Waals surface area (Å²) in [5.74, 6) is 0. The van der Waals surface area contributed by atoms with Gasteiger partial charge in [-0.1, -0.05) is 30.3 Å². The molecule has 3 aromatic heterocycles. The van der Waals surface area contributed by atoms with Crippen LogP contribution in [0.5, 0.6) is 0 Å². The van der Waals surface area contributed by atoms with Crippen LogP contribution in [0.15, 0.2) is 73.1 Å². The van der Waals surface area contributed by atoms with Gasteiger partial charge >= 0.3 is 0 Å². The zero-order valence-electron chi connectivity index (χ0n) is 16.8. The monoisotopic (exact) mass is 416 g/mol. The fourth-order valence-electron chi connectivity index (χ4n) is 4.96. The Labute approximate surface area is 181 Å². The molecule has 0 saturated carbocycles. The van der Waals surface area contributed by atoms with Gasteiger partial charge in [0, 0.05) is 28.7 Å². The van der Waals surface area contributed by atoms with E-state index in [0.29, 0.717) is 38.8 Å². The third-order valence-corrected chi connectivity index (χ3v) is 6.41. The molecule has 6 nitrogen and oxygen atoms in total. The number of aliphatic hydroxyl groups is 2. The summed E-state index contributed by atoms with van der Waals surface area (Å²) < 4.78 is 0. The molecule has 7 rings (SSSR count). The van der Waals surface area contributed by atoms with E-state index in [4.69, 9.17) is 9.97 Å². The van der Waals surface area contributed by atoms with Crippen LogP contribution in [0.1, 0.15) is 34.5 Å². The Hall–Kier alpha value is -4.00. The zero-order chi connectivity index (χ0) is 21.4. The quantitative estimate of drug-likeness (QED) is 0.282. The lowest BCUT2D eigenvalue weighted by Crippen LogP contribution is -2.18. The number of hydrogen-bond acceptors (Lipinski definition) is 6. The fourth-order valence-corrected chi connectivity index (χ4v) is 4.96. The molecule has 152 valence electrons. The van der Waals surface area contributed by atoms with Gasteiger partial charge in [-0.15, -0.1) is 0 Å². The van der Waals surface area contributed by atoms with Crippen LogP contribution in [0.3, 0.4) is 0 Å². The molecule has 0 spiro atoms. The molecule has 0 bridgehead atoms. The number of hydrogen-bond donors (Lipinski definition) is 2. The van der Waals surface area contributed by atoms with E-state index < -0.39 is 12.2 Å². The van der Waals surface area contributed by atoms with Crippen molar-refractivity contribution in [3.05, 3.63) is 95.3 Å². The van der Waals surface area contributed by atoms with Crippen molar-refractivity contribution in [1.29, 1.82) is 0 Å². The predicted octanol–water partition coefficient (Wildman–Crippen LogP) is 4.36. The highest BCUT2D eigenvalue weighted by Gasteiger charge is 2.32. The number of benzene rings is 3. The standard InChI is InChI=1S/C26H16N4O2/c31-25-13-5-1-2-6-14(13)26(32)19-15(25)9-10-18-24(19)30-23-17-8-4-12-28-21(17)20-16(22(23)29-18)7-3-11-27-20/h1-12,25-26,31-32H. The van der Waals surface area contributed by atoms with Crippen LogP contribution >= 0.6 is 0 Å². The number of aliphatic hydroxyl groups excluding tert-OH is 2. The third-order valence-electron chi connectivity index (χ3n) is 6.41. The summed E-state index contributed by atoms with van der Waals surface area (Å²) in [6.45, 7) is 0. The second kappa shape index (κ2) is 6.26. The minimum atomic E-state index is -0.897. The number of nitrogens with zero attached hydrogens (tertiary/aromatic N) is 4. The summed E-state index contributed by atoms with van der Waals surface area (Å²) in [6, 6.07) is 18.8. The lowest BCUT2D eigenvalue weighted by molar-refractivity contribution is 0.174. The number of pyridine rings is 2. The van der Waals surface area contributed by atoms with E-state index in [1.54, 1.807) is 12.4 Å². The molecule has 6 heteroatoms. The molecule has 32 heavy (non-hydrogen) atoms. The second-order valence-corrected chi connectivity index (χ2v) is 8.09. The van der Waals surface area contributed by atoms with Gasteiger partial charge < -0.3 is 10.2 Å². The minimum Gasteiger partial charge on any atom is -0.384 e. The van der Waals surface area contributed by atoms with Crippen molar-refractivity contribution in [2.45, 2.75) is 12.2 Å². The van der Waals surface area contributed by atoms with Crippen molar-refractivity contribution in [1.82, 2.24) is 19.9 Å². The summed E-state index contributed by atoms with van der Waals surface area (Å²) in [5, 5.41) is 24.1. The molecular weight excluding hydrogens is 400 g/mol. The topological polar surface area (TPSA) is 92.0 Å². The normalized spacial score (nSPS) is 17.7. The molecule has 1 aliphatic rings. The smallest absolute Gasteiger partial charge is 0.107 e. The largest absolute Gasteiger partial charge is 0.384 e. The molecule has 1 aliphatic carbocycles. The van der Waals surface area contributed by atoms with Crippen molar-refractivity contribution in [2.75, 3.05) is 0 Å². The van der Waals surface area contributed by atoms with E-state index in [2.05, 4.69) is 9.97 Å². The number of aromatic nitrogens is 4. The average Bonchev–Trinajstić information content (AvgIpc) is 2.86. The Morgan fingerprint density at radius 2 is 1.16 bits per heavy atom. The Bertz CT molecular complexity index is 1730. The first-order valence-electron chi connectivity index (χ1n) is 10.4. The molecule has 0 radical (unpaired) electrons. The van der Waals surface area contributed by atoms with Crippen molar-refractivity contribution in [3.63, 3.8) is 0 Å². The highest BCUT2D eigenvalue weighted by Crippen LogP contribution is 2.44. The van der Waals surface area contributed by atoms with Gasteiger partial charge in [-0.3, -0.25) is 9.97 Å². The highest BCUT2D eigenvalue weighted by atomic mass is 16.3. The summed E-state index contributed by atoms with van der Waals surface area (Å²) in [6.07, 6.45) is 1.77. The fraction of sp³-hybridized carbons (Fsp3) is 0.0769. The third kappa shape index (κ3) is 2.20. The van der Waals surface area contributed by atoms with Gasteiger partial charge in [-0.25, -0.2) is 9.97 Å². The first-order valence-corrected chi connectivity index (χ1v) is 10.4. The Balaban J connectivity index is 1.66. The van der Waals surface area contributed by atoms with Gasteiger partial charge in [0.15, 0.2) is 0 Å². The first kappa shape index (κ1) is 17.7. The molecule has 3 heterocycles. The van der Waals surface area contributed by atoms with Crippen LogP contribution in [-0.2, 0) is 0 Å². The van der Waals surface area contributed by atoms with Gasteiger partial charge in [-0.05, 0) is 47.0 Å². The lowest BCUT2D eigenvalue weighted by atomic mass is 9.81. The Morgan fingerprint density at radius 3 is 1.84 bits per heavy atom. The molecule has 0 saturated heterocycles. The van der Waals surface area contributed by atoms with E-state index in [1.807, 2.05) is 60.7 Å². The molecule has 2 atom stereocenters. The summed E-state index contributed by atoms with van der Waals surface area (Å²) in [7, 11) is 0. The van der Waals surface area contributed by atoms with Gasteiger partial charge in [0.2, 0.25) is 0 Å². The van der Waals surface area contributed by atoms with Gasteiger partial charge in [0.1, 0.15) is 12.2 Å². The van der Waals surface area contributed by atoms with Gasteiger partial charge in [0.25, 0.3) is 0 Å². The van der Waals surface area contributed by atoms with E-state index in [9.17, 15) is 10.2 Å². The SMILES string of the molecule is OC1c2ccccc2C(O)c2c1ccc1nc3c4cccnc4c4ncccc4c3nc21. The Morgan fingerprint density at radius 1 is 0.531 bits per heavy atom. The van der Waals surface area contributed by atoms with E-state index >= 15 is 0 Å². The molecule has 2 N–H and O–H groups in total. The summed E-state index contributed by atoms with van der Waals surface area (Å²) >= 11 is 0. The Kier molecular flexibility index (Phi) is 3.45. The molecule has 0 fully saturated rings. The van der Waals surface area contributed by atoms with Gasteiger partial charge in [-0.2, -0.15) is 0 Å². The molecule has 3 aromatic carbocycles. The molecular formula is C26H16N4O2. The predicted molar refractivity (Wildman–Crippen MR) is 122 cm³/mol. The maximum Gasteiger partial charge on any atom is 0.107 e. The average molecular weight is 416 g/mol. The van der Waals surface area contributed by atoms with Crippen LogP contribution in [-0.4, -0.2) is 30.1 Å². The van der Waals surface area contributed by atoms with Gasteiger partial charge in [0.05, 0.1) is 33.1 Å². The highest BCUT2D eigenvalue weighted by molar-refractivity contribution is 6.21. The van der Waals surface area contributed by atoms with Crippen molar-refractivity contribution >= 4 is 43.9 Å². The zero-order valence-corrected chi connectivity index (χ0v) is 16.8. The van der Waals surface area contributed by atoms with Crippen LogP contribution in [0, 0.1) is 0 Å². The molecule has 2 unspecified atom stereocenters. The van der Waals surface area contributed by atoms with Crippen LogP contribution in [0.4, 0.5) is 0 Å². The maximum atomic E-state index is 11.3. The minimum absolute atomic E-state index is 0.587. The lowest BCUT2D eigenvalue weighted by Gasteiger charge is -2.29. The maximum absolute atomic E-state index is 11.3. The van der Waals surface area contributed by atoms with Crippen LogP contribution < -0.4 is 0 Å². The second-order valence-electron chi connectivity index (χ2n) is 8.09. The van der Waals surface area contributed by atoms with E-state index in [0.717, 1.165) is 27.3 Å². The van der Waals surface area contributed by atoms with Crippen molar-refractivity contribution < 1.29 is 10.2 Å².